The number of nitrogens with zero attached hydrogens (tertiary/aromatic N) is 1. The van der Waals surface area contributed by atoms with Gasteiger partial charge in [0.25, 0.3) is 0 Å². The minimum Gasteiger partial charge on any atom is -0.402 e. The number of hydrogen-bond donors (Lipinski definition) is 0. The van der Waals surface area contributed by atoms with Crippen molar-refractivity contribution in [1.82, 2.24) is 0 Å². The molecule has 0 atom stereocenters. The molecular formula is C19H13Cl2NO2. The van der Waals surface area contributed by atoms with Gasteiger partial charge in [-0.1, -0.05) is 59.6 Å². The molecule has 0 aliphatic carbocycles. The first-order valence-corrected chi connectivity index (χ1v) is 8.00. The summed E-state index contributed by atoms with van der Waals surface area (Å²) in [4.78, 5) is 16.3. The number of carbonyl (C=O) groups excluding carboxylic acids is 1. The van der Waals surface area contributed by atoms with Crippen molar-refractivity contribution in [3.05, 3.63) is 87.0 Å². The highest BCUT2D eigenvalue weighted by atomic mass is 35.5. The highest BCUT2D eigenvalue weighted by molar-refractivity contribution is 6.42. The van der Waals surface area contributed by atoms with Gasteiger partial charge in [-0.25, -0.2) is 9.79 Å². The number of aliphatic imine (C=N–C) groups is 1. The fraction of sp³-hybridized carbons (Fsp3) is 0.0526. The van der Waals surface area contributed by atoms with Crippen molar-refractivity contribution in [3.63, 3.8) is 0 Å². The predicted octanol–water partition coefficient (Wildman–Crippen LogP) is 5.28. The number of esters is 1. The van der Waals surface area contributed by atoms with Gasteiger partial charge in [-0.05, 0) is 42.3 Å². The van der Waals surface area contributed by atoms with Crippen LogP contribution in [0.4, 0.5) is 0 Å². The van der Waals surface area contributed by atoms with Crippen LogP contribution in [0.5, 0.6) is 0 Å². The number of cyclic esters (lactones) is 1. The number of carbonyl (C=O) groups is 1. The molecule has 2 aromatic carbocycles. The summed E-state index contributed by atoms with van der Waals surface area (Å²) in [6.07, 6.45) is 3.66. The molecule has 24 heavy (non-hydrogen) atoms. The van der Waals surface area contributed by atoms with E-state index in [1.165, 1.54) is 0 Å². The molecule has 0 saturated carbocycles. The van der Waals surface area contributed by atoms with Crippen molar-refractivity contribution in [2.24, 2.45) is 4.99 Å². The van der Waals surface area contributed by atoms with Gasteiger partial charge in [-0.15, -0.1) is 0 Å². The molecule has 0 radical (unpaired) electrons. The molecule has 1 heterocycles. The monoisotopic (exact) mass is 357 g/mol. The third-order valence-corrected chi connectivity index (χ3v) is 4.08. The number of rotatable bonds is 3. The smallest absolute Gasteiger partial charge is 0.363 e. The van der Waals surface area contributed by atoms with E-state index in [2.05, 4.69) is 4.99 Å². The van der Waals surface area contributed by atoms with Crippen LogP contribution in [0.2, 0.25) is 10.0 Å². The Morgan fingerprint density at radius 1 is 1.08 bits per heavy atom. The minimum absolute atomic E-state index is 0.220. The molecule has 0 fully saturated rings. The van der Waals surface area contributed by atoms with E-state index in [1.807, 2.05) is 43.3 Å². The molecule has 120 valence electrons. The summed E-state index contributed by atoms with van der Waals surface area (Å²) in [7, 11) is 0. The summed E-state index contributed by atoms with van der Waals surface area (Å²) in [6, 6.07) is 14.8. The maximum Gasteiger partial charge on any atom is 0.363 e. The zero-order valence-corrected chi connectivity index (χ0v) is 14.3. The number of ether oxygens (including phenoxy) is 1. The Morgan fingerprint density at radius 3 is 2.54 bits per heavy atom. The minimum atomic E-state index is -0.489. The van der Waals surface area contributed by atoms with Gasteiger partial charge in [0.2, 0.25) is 5.90 Å². The topological polar surface area (TPSA) is 38.7 Å². The normalized spacial score (nSPS) is 16.3. The first-order chi connectivity index (χ1) is 11.5. The molecule has 1 aliphatic heterocycles. The van der Waals surface area contributed by atoms with Crippen LogP contribution in [-0.4, -0.2) is 11.9 Å². The molecule has 0 bridgehead atoms. The Hall–Kier alpha value is -2.36. The average molecular weight is 358 g/mol. The van der Waals surface area contributed by atoms with Crippen LogP contribution < -0.4 is 0 Å². The second kappa shape index (κ2) is 7.04. The standard InChI is InChI=1S/C19H13Cl2NO2/c1-12(9-13-5-3-2-4-6-13)10-17-19(23)24-18(22-17)14-7-8-15(20)16(21)11-14/h2-11H,1H3/b12-9+,17-10-. The van der Waals surface area contributed by atoms with Crippen molar-refractivity contribution in [2.75, 3.05) is 0 Å². The number of allylic oxidation sites excluding steroid dienone is 2. The Bertz CT molecular complexity index is 883. The molecule has 3 rings (SSSR count). The van der Waals surface area contributed by atoms with Crippen molar-refractivity contribution in [2.45, 2.75) is 6.92 Å². The van der Waals surface area contributed by atoms with E-state index in [-0.39, 0.29) is 11.6 Å². The summed E-state index contributed by atoms with van der Waals surface area (Å²) >= 11 is 11.9. The molecule has 0 spiro atoms. The van der Waals surface area contributed by atoms with E-state index in [0.29, 0.717) is 15.6 Å². The Kier molecular flexibility index (Phi) is 4.84. The van der Waals surface area contributed by atoms with Gasteiger partial charge in [0.15, 0.2) is 5.70 Å². The van der Waals surface area contributed by atoms with Crippen LogP contribution >= 0.6 is 23.2 Å². The molecule has 1 aliphatic rings. The van der Waals surface area contributed by atoms with Gasteiger partial charge in [-0.2, -0.15) is 0 Å². The molecule has 0 saturated heterocycles. The summed E-state index contributed by atoms with van der Waals surface area (Å²) in [5.41, 5.74) is 2.80. The van der Waals surface area contributed by atoms with Gasteiger partial charge >= 0.3 is 5.97 Å². The zero-order valence-electron chi connectivity index (χ0n) is 12.8. The van der Waals surface area contributed by atoms with Crippen LogP contribution in [0, 0.1) is 0 Å². The Morgan fingerprint density at radius 2 is 1.83 bits per heavy atom. The summed E-state index contributed by atoms with van der Waals surface area (Å²) in [6.45, 7) is 1.90. The van der Waals surface area contributed by atoms with Gasteiger partial charge < -0.3 is 4.74 Å². The second-order valence-electron chi connectivity index (χ2n) is 5.26. The van der Waals surface area contributed by atoms with Gasteiger partial charge in [0, 0.05) is 5.56 Å². The average Bonchev–Trinajstić information content (AvgIpc) is 2.92. The first-order valence-electron chi connectivity index (χ1n) is 7.24. The molecule has 2 aromatic rings. The molecule has 3 nitrogen and oxygen atoms in total. The molecule has 5 heteroatoms. The lowest BCUT2D eigenvalue weighted by molar-refractivity contribution is -0.130. The molecule has 0 amide bonds. The lowest BCUT2D eigenvalue weighted by atomic mass is 10.1. The van der Waals surface area contributed by atoms with Gasteiger partial charge in [0.1, 0.15) is 0 Å². The maximum atomic E-state index is 12.0. The molecular weight excluding hydrogens is 345 g/mol. The molecule has 0 unspecified atom stereocenters. The van der Waals surface area contributed by atoms with Crippen molar-refractivity contribution < 1.29 is 9.53 Å². The third-order valence-electron chi connectivity index (χ3n) is 3.35. The van der Waals surface area contributed by atoms with Crippen LogP contribution in [0.15, 0.2) is 70.9 Å². The lowest BCUT2D eigenvalue weighted by Gasteiger charge is -2.01. The zero-order chi connectivity index (χ0) is 17.1. The highest BCUT2D eigenvalue weighted by Gasteiger charge is 2.24. The fourth-order valence-corrected chi connectivity index (χ4v) is 2.53. The summed E-state index contributed by atoms with van der Waals surface area (Å²) in [5, 5.41) is 0.813. The van der Waals surface area contributed by atoms with E-state index in [9.17, 15) is 4.79 Å². The first kappa shape index (κ1) is 16.5. The van der Waals surface area contributed by atoms with Crippen LogP contribution in [0.1, 0.15) is 18.1 Å². The second-order valence-corrected chi connectivity index (χ2v) is 6.08. The van der Waals surface area contributed by atoms with Crippen molar-refractivity contribution in [3.8, 4) is 0 Å². The Balaban J connectivity index is 1.88. The number of hydrogen-bond acceptors (Lipinski definition) is 3. The maximum absolute atomic E-state index is 12.0. The van der Waals surface area contributed by atoms with Crippen LogP contribution in [-0.2, 0) is 9.53 Å². The summed E-state index contributed by atoms with van der Waals surface area (Å²) in [5.74, 6) is -0.269. The number of halogens is 2. The largest absolute Gasteiger partial charge is 0.402 e. The quantitative estimate of drug-likeness (QED) is 0.553. The van der Waals surface area contributed by atoms with Gasteiger partial charge in [-0.3, -0.25) is 0 Å². The lowest BCUT2D eigenvalue weighted by Crippen LogP contribution is -2.05. The van der Waals surface area contributed by atoms with Crippen molar-refractivity contribution >= 4 is 41.1 Å². The molecule has 0 aromatic heterocycles. The summed E-state index contributed by atoms with van der Waals surface area (Å²) < 4.78 is 5.22. The van der Waals surface area contributed by atoms with Gasteiger partial charge in [0.05, 0.1) is 10.0 Å². The van der Waals surface area contributed by atoms with Crippen molar-refractivity contribution in [1.29, 1.82) is 0 Å². The number of benzene rings is 2. The van der Waals surface area contributed by atoms with E-state index < -0.39 is 5.97 Å². The van der Waals surface area contributed by atoms with Crippen LogP contribution in [0.3, 0.4) is 0 Å². The Labute approximate surface area is 149 Å². The van der Waals surface area contributed by atoms with E-state index >= 15 is 0 Å². The van der Waals surface area contributed by atoms with E-state index in [0.717, 1.165) is 11.1 Å². The van der Waals surface area contributed by atoms with E-state index in [4.69, 9.17) is 27.9 Å². The fourth-order valence-electron chi connectivity index (χ4n) is 2.23. The van der Waals surface area contributed by atoms with Crippen LogP contribution in [0.25, 0.3) is 6.08 Å². The highest BCUT2D eigenvalue weighted by Crippen LogP contribution is 2.25. The SMILES string of the molecule is CC(/C=C1\N=C(c2ccc(Cl)c(Cl)c2)OC1=O)=C\c1ccccc1. The van der Waals surface area contributed by atoms with E-state index in [1.54, 1.807) is 24.3 Å². The molecule has 0 N–H and O–H groups in total. The predicted molar refractivity (Wildman–Crippen MR) is 97.3 cm³/mol. The third kappa shape index (κ3) is 3.75.